The number of hydrogen-bond acceptors (Lipinski definition) is 7. The Bertz CT molecular complexity index is 642. The molecule has 0 saturated heterocycles. The van der Waals surface area contributed by atoms with E-state index in [2.05, 4.69) is 5.32 Å². The summed E-state index contributed by atoms with van der Waals surface area (Å²) < 4.78 is 9.76. The highest BCUT2D eigenvalue weighted by atomic mass is 16.6. The van der Waals surface area contributed by atoms with Crippen molar-refractivity contribution < 1.29 is 28.8 Å². The van der Waals surface area contributed by atoms with Crippen molar-refractivity contribution in [2.45, 2.75) is 26.8 Å². The van der Waals surface area contributed by atoms with Gasteiger partial charge in [-0.1, -0.05) is 0 Å². The fourth-order valence-electron chi connectivity index (χ4n) is 1.99. The van der Waals surface area contributed by atoms with Crippen molar-refractivity contribution in [3.63, 3.8) is 0 Å². The molecule has 0 bridgehead atoms. The summed E-state index contributed by atoms with van der Waals surface area (Å²) in [6.07, 6.45) is 0. The molecule has 9 nitrogen and oxygen atoms in total. The first-order valence-electron chi connectivity index (χ1n) is 7.70. The van der Waals surface area contributed by atoms with Crippen LogP contribution in [0.5, 0.6) is 0 Å². The molecule has 1 aromatic rings. The van der Waals surface area contributed by atoms with Crippen LogP contribution in [0.4, 0.5) is 5.69 Å². The molecule has 0 aliphatic rings. The number of ether oxygens (including phenoxy) is 2. The summed E-state index contributed by atoms with van der Waals surface area (Å²) in [7, 11) is 0. The Hall–Kier alpha value is -2.97. The van der Waals surface area contributed by atoms with Crippen LogP contribution in [0, 0.1) is 16.0 Å². The average Bonchev–Trinajstić information content (AvgIpc) is 2.59. The molecular formula is C16H20N2O7. The third-order valence-electron chi connectivity index (χ3n) is 3.33. The topological polar surface area (TPSA) is 125 Å². The predicted octanol–water partition coefficient (Wildman–Crippen LogP) is 1.46. The van der Waals surface area contributed by atoms with Crippen LogP contribution >= 0.6 is 0 Å². The molecular weight excluding hydrogens is 332 g/mol. The maximum atomic E-state index is 12.3. The number of nitro benzene ring substituents is 1. The van der Waals surface area contributed by atoms with Gasteiger partial charge in [0.05, 0.1) is 24.1 Å². The van der Waals surface area contributed by atoms with Crippen molar-refractivity contribution in [2.24, 2.45) is 5.92 Å². The van der Waals surface area contributed by atoms with Gasteiger partial charge in [-0.05, 0) is 32.9 Å². The first kappa shape index (κ1) is 20.1. The highest BCUT2D eigenvalue weighted by molar-refractivity contribution is 5.98. The first-order valence-corrected chi connectivity index (χ1v) is 7.70. The van der Waals surface area contributed by atoms with Gasteiger partial charge >= 0.3 is 11.9 Å². The largest absolute Gasteiger partial charge is 0.466 e. The van der Waals surface area contributed by atoms with Gasteiger partial charge in [0.2, 0.25) is 0 Å². The van der Waals surface area contributed by atoms with E-state index < -0.39 is 34.7 Å². The Morgan fingerprint density at radius 2 is 1.60 bits per heavy atom. The van der Waals surface area contributed by atoms with Gasteiger partial charge in [-0.25, -0.2) is 4.79 Å². The molecule has 1 rings (SSSR count). The minimum atomic E-state index is -1.23. The third kappa shape index (κ3) is 5.55. The highest BCUT2D eigenvalue weighted by Gasteiger charge is 2.34. The summed E-state index contributed by atoms with van der Waals surface area (Å²) in [5.74, 6) is -3.03. The molecule has 1 amide bonds. The van der Waals surface area contributed by atoms with Crippen molar-refractivity contribution in [1.82, 2.24) is 5.32 Å². The molecule has 9 heteroatoms. The molecule has 136 valence electrons. The van der Waals surface area contributed by atoms with E-state index in [-0.39, 0.29) is 24.5 Å². The molecule has 0 saturated carbocycles. The summed E-state index contributed by atoms with van der Waals surface area (Å²) in [4.78, 5) is 46.3. The SMILES string of the molecule is CCOC(=O)C(C)[C@H](NC(=O)c1ccc([N+](=O)[O-])cc1)C(=O)OCC. The van der Waals surface area contributed by atoms with E-state index in [0.717, 1.165) is 0 Å². The normalized spacial score (nSPS) is 12.6. The van der Waals surface area contributed by atoms with Crippen LogP contribution in [0.15, 0.2) is 24.3 Å². The minimum Gasteiger partial charge on any atom is -0.466 e. The van der Waals surface area contributed by atoms with Gasteiger partial charge in [0.15, 0.2) is 0 Å². The Morgan fingerprint density at radius 3 is 2.08 bits per heavy atom. The number of esters is 2. The molecule has 0 aliphatic carbocycles. The lowest BCUT2D eigenvalue weighted by Gasteiger charge is -2.22. The summed E-state index contributed by atoms with van der Waals surface area (Å²) >= 11 is 0. The Morgan fingerprint density at radius 1 is 1.08 bits per heavy atom. The number of nitro groups is 1. The van der Waals surface area contributed by atoms with Crippen LogP contribution in [-0.4, -0.2) is 42.0 Å². The van der Waals surface area contributed by atoms with Crippen molar-refractivity contribution in [3.8, 4) is 0 Å². The fraction of sp³-hybridized carbons (Fsp3) is 0.438. The van der Waals surface area contributed by atoms with E-state index in [9.17, 15) is 24.5 Å². The van der Waals surface area contributed by atoms with Gasteiger partial charge in [0, 0.05) is 17.7 Å². The second-order valence-electron chi connectivity index (χ2n) is 5.05. The number of rotatable bonds is 8. The Labute approximate surface area is 144 Å². The summed E-state index contributed by atoms with van der Waals surface area (Å²) in [6.45, 7) is 4.88. The van der Waals surface area contributed by atoms with E-state index in [1.807, 2.05) is 0 Å². The summed E-state index contributed by atoms with van der Waals surface area (Å²) in [5, 5.41) is 13.1. The second kappa shape index (κ2) is 9.36. The molecule has 1 N–H and O–H groups in total. The number of amides is 1. The third-order valence-corrected chi connectivity index (χ3v) is 3.33. The van der Waals surface area contributed by atoms with Crippen LogP contribution in [0.2, 0.25) is 0 Å². The van der Waals surface area contributed by atoms with E-state index in [4.69, 9.17) is 9.47 Å². The predicted molar refractivity (Wildman–Crippen MR) is 86.8 cm³/mol. The van der Waals surface area contributed by atoms with Crippen molar-refractivity contribution >= 4 is 23.5 Å². The second-order valence-corrected chi connectivity index (χ2v) is 5.05. The summed E-state index contributed by atoms with van der Waals surface area (Å²) in [6, 6.07) is 3.61. The van der Waals surface area contributed by atoms with Crippen molar-refractivity contribution in [2.75, 3.05) is 13.2 Å². The maximum absolute atomic E-state index is 12.3. The molecule has 2 atom stereocenters. The van der Waals surface area contributed by atoms with Crippen LogP contribution < -0.4 is 5.32 Å². The molecule has 0 aliphatic heterocycles. The van der Waals surface area contributed by atoms with Gasteiger partial charge in [-0.3, -0.25) is 19.7 Å². The molecule has 0 aromatic heterocycles. The van der Waals surface area contributed by atoms with E-state index in [1.165, 1.54) is 31.2 Å². The van der Waals surface area contributed by atoms with Gasteiger partial charge in [-0.2, -0.15) is 0 Å². The maximum Gasteiger partial charge on any atom is 0.329 e. The van der Waals surface area contributed by atoms with Gasteiger partial charge in [-0.15, -0.1) is 0 Å². The van der Waals surface area contributed by atoms with Crippen LogP contribution in [0.25, 0.3) is 0 Å². The zero-order chi connectivity index (χ0) is 19.0. The number of nitrogens with one attached hydrogen (secondary N) is 1. The quantitative estimate of drug-likeness (QED) is 0.426. The van der Waals surface area contributed by atoms with Crippen LogP contribution in [0.3, 0.4) is 0 Å². The Balaban J connectivity index is 2.95. The smallest absolute Gasteiger partial charge is 0.329 e. The number of nitrogens with zero attached hydrogens (tertiary/aromatic N) is 1. The van der Waals surface area contributed by atoms with Gasteiger partial charge < -0.3 is 14.8 Å². The molecule has 1 aromatic carbocycles. The number of hydrogen-bond donors (Lipinski definition) is 1. The zero-order valence-corrected chi connectivity index (χ0v) is 14.2. The molecule has 0 fully saturated rings. The molecule has 0 spiro atoms. The lowest BCUT2D eigenvalue weighted by Crippen LogP contribution is -2.48. The number of non-ortho nitro benzene ring substituents is 1. The molecule has 25 heavy (non-hydrogen) atoms. The van der Waals surface area contributed by atoms with E-state index >= 15 is 0 Å². The van der Waals surface area contributed by atoms with E-state index in [1.54, 1.807) is 13.8 Å². The number of benzene rings is 1. The van der Waals surface area contributed by atoms with Crippen molar-refractivity contribution in [1.29, 1.82) is 0 Å². The van der Waals surface area contributed by atoms with Crippen LogP contribution in [-0.2, 0) is 19.1 Å². The summed E-state index contributed by atoms with van der Waals surface area (Å²) in [5.41, 5.74) is -0.0608. The molecule has 1 unspecified atom stereocenters. The first-order chi connectivity index (χ1) is 11.8. The monoisotopic (exact) mass is 352 g/mol. The highest BCUT2D eigenvalue weighted by Crippen LogP contribution is 2.14. The minimum absolute atomic E-state index is 0.0816. The average molecular weight is 352 g/mol. The standard InChI is InChI=1S/C16H20N2O7/c1-4-24-15(20)10(3)13(16(21)25-5-2)17-14(19)11-6-8-12(9-7-11)18(22)23/h6-10,13H,4-5H2,1-3H3,(H,17,19)/t10?,13-/m0/s1. The number of carbonyl (C=O) groups excluding carboxylic acids is 3. The van der Waals surface area contributed by atoms with Crippen LogP contribution in [0.1, 0.15) is 31.1 Å². The lowest BCUT2D eigenvalue weighted by atomic mass is 10.0. The molecule has 0 radical (unpaired) electrons. The van der Waals surface area contributed by atoms with Gasteiger partial charge in [0.25, 0.3) is 11.6 Å². The number of carbonyl (C=O) groups is 3. The van der Waals surface area contributed by atoms with Gasteiger partial charge in [0.1, 0.15) is 6.04 Å². The lowest BCUT2D eigenvalue weighted by molar-refractivity contribution is -0.384. The van der Waals surface area contributed by atoms with E-state index in [0.29, 0.717) is 0 Å². The zero-order valence-electron chi connectivity index (χ0n) is 14.2. The fourth-order valence-corrected chi connectivity index (χ4v) is 1.99. The molecule has 0 heterocycles. The van der Waals surface area contributed by atoms with Crippen molar-refractivity contribution in [3.05, 3.63) is 39.9 Å². The Kier molecular flexibility index (Phi) is 7.51.